The molecule has 0 aromatic heterocycles. The largest absolute Gasteiger partial charge is 0.302 e. The van der Waals surface area contributed by atoms with Gasteiger partial charge in [-0.2, -0.15) is 0 Å². The maximum Gasteiger partial charge on any atom is 0.0193 e. The molecule has 0 N–H and O–H groups in total. The molecule has 1 unspecified atom stereocenters. The van der Waals surface area contributed by atoms with Gasteiger partial charge in [0.1, 0.15) is 0 Å². The van der Waals surface area contributed by atoms with Gasteiger partial charge >= 0.3 is 0 Å². The van der Waals surface area contributed by atoms with Crippen molar-refractivity contribution >= 4 is 6.08 Å². The molecule has 1 aromatic carbocycles. The molecule has 2 nitrogen and oxygen atoms in total. The minimum Gasteiger partial charge on any atom is -0.302 e. The number of benzene rings is 1. The normalized spacial score (nSPS) is 29.5. The fourth-order valence-electron chi connectivity index (χ4n) is 4.86. The highest BCUT2D eigenvalue weighted by Gasteiger charge is 2.41. The highest BCUT2D eigenvalue weighted by atomic mass is 15.2. The Hall–Kier alpha value is -1.12. The first-order valence-electron chi connectivity index (χ1n) is 9.88. The molecule has 130 valence electrons. The van der Waals surface area contributed by atoms with E-state index < -0.39 is 0 Å². The van der Waals surface area contributed by atoms with E-state index in [0.717, 1.165) is 12.5 Å². The van der Waals surface area contributed by atoms with Crippen molar-refractivity contribution in [2.24, 2.45) is 11.3 Å². The lowest BCUT2D eigenvalue weighted by molar-refractivity contribution is 0.0902. The standard InChI is InChI=1S/C22H32N2/c1-19(14-20-6-3-2-4-7-20)15-24-13-11-22(18-24)10-5-12-23(17-22)16-21-8-9-21/h2-4,6-7,14,21H,5,8-13,15-18H2,1H3/b19-14+. The number of nitrogens with zero attached hydrogens (tertiary/aromatic N) is 2. The molecule has 1 aliphatic carbocycles. The smallest absolute Gasteiger partial charge is 0.0193 e. The summed E-state index contributed by atoms with van der Waals surface area (Å²) in [5, 5.41) is 0. The average Bonchev–Trinajstić information content (AvgIpc) is 3.30. The van der Waals surface area contributed by atoms with Crippen LogP contribution in [0.1, 0.15) is 44.6 Å². The van der Waals surface area contributed by atoms with Gasteiger partial charge in [-0.25, -0.2) is 0 Å². The van der Waals surface area contributed by atoms with Crippen LogP contribution in [-0.2, 0) is 0 Å². The summed E-state index contributed by atoms with van der Waals surface area (Å²) < 4.78 is 0. The molecule has 2 saturated heterocycles. The second-order valence-corrected chi connectivity index (χ2v) is 8.64. The molecule has 1 saturated carbocycles. The first-order chi connectivity index (χ1) is 11.7. The molecule has 4 rings (SSSR count). The van der Waals surface area contributed by atoms with Crippen LogP contribution in [0.15, 0.2) is 35.9 Å². The van der Waals surface area contributed by atoms with Crippen LogP contribution >= 0.6 is 0 Å². The van der Waals surface area contributed by atoms with Crippen LogP contribution in [0.25, 0.3) is 6.08 Å². The predicted molar refractivity (Wildman–Crippen MR) is 102 cm³/mol. The fourth-order valence-corrected chi connectivity index (χ4v) is 4.86. The summed E-state index contributed by atoms with van der Waals surface area (Å²) >= 11 is 0. The van der Waals surface area contributed by atoms with Crippen molar-refractivity contribution < 1.29 is 0 Å². The molecule has 1 atom stereocenters. The zero-order chi connectivity index (χ0) is 16.4. The van der Waals surface area contributed by atoms with Gasteiger partial charge in [-0.15, -0.1) is 0 Å². The highest BCUT2D eigenvalue weighted by molar-refractivity contribution is 5.52. The van der Waals surface area contributed by atoms with E-state index in [1.54, 1.807) is 0 Å². The third-order valence-electron chi connectivity index (χ3n) is 6.16. The Morgan fingerprint density at radius 1 is 1.08 bits per heavy atom. The van der Waals surface area contributed by atoms with E-state index in [9.17, 15) is 0 Å². The molecule has 2 heteroatoms. The Labute approximate surface area is 147 Å². The Bertz CT molecular complexity index is 575. The number of hydrogen-bond donors (Lipinski definition) is 0. The molecule has 0 amide bonds. The molecule has 3 aliphatic rings. The van der Waals surface area contributed by atoms with Gasteiger partial charge in [-0.3, -0.25) is 4.90 Å². The summed E-state index contributed by atoms with van der Waals surface area (Å²) in [6, 6.07) is 10.7. The summed E-state index contributed by atoms with van der Waals surface area (Å²) in [4.78, 5) is 5.49. The predicted octanol–water partition coefficient (Wildman–Crippen LogP) is 4.29. The Balaban J connectivity index is 1.33. The van der Waals surface area contributed by atoms with Gasteiger partial charge in [-0.1, -0.05) is 42.0 Å². The van der Waals surface area contributed by atoms with E-state index >= 15 is 0 Å². The Morgan fingerprint density at radius 3 is 2.67 bits per heavy atom. The minimum absolute atomic E-state index is 0.597. The van der Waals surface area contributed by atoms with Crippen LogP contribution in [0.4, 0.5) is 0 Å². The molecular weight excluding hydrogens is 292 g/mol. The highest BCUT2D eigenvalue weighted by Crippen LogP contribution is 2.40. The van der Waals surface area contributed by atoms with Crippen LogP contribution in [-0.4, -0.2) is 49.1 Å². The zero-order valence-corrected chi connectivity index (χ0v) is 15.2. The minimum atomic E-state index is 0.597. The molecule has 1 spiro atoms. The van der Waals surface area contributed by atoms with Crippen molar-refractivity contribution in [1.29, 1.82) is 0 Å². The van der Waals surface area contributed by atoms with E-state index in [-0.39, 0.29) is 0 Å². The van der Waals surface area contributed by atoms with E-state index in [0.29, 0.717) is 5.41 Å². The second kappa shape index (κ2) is 7.01. The van der Waals surface area contributed by atoms with Gasteiger partial charge in [0.25, 0.3) is 0 Å². The SMILES string of the molecule is C/C(=C\c1ccccc1)CN1CCC2(CCCN(CC3CC3)C2)C1. The van der Waals surface area contributed by atoms with Crippen molar-refractivity contribution in [2.45, 2.75) is 39.0 Å². The molecule has 0 bridgehead atoms. The molecular formula is C22H32N2. The van der Waals surface area contributed by atoms with Crippen LogP contribution in [0.3, 0.4) is 0 Å². The number of rotatable bonds is 5. The van der Waals surface area contributed by atoms with Crippen molar-refractivity contribution in [1.82, 2.24) is 9.80 Å². The van der Waals surface area contributed by atoms with Crippen LogP contribution in [0.5, 0.6) is 0 Å². The van der Waals surface area contributed by atoms with Gasteiger partial charge in [0.15, 0.2) is 0 Å². The Morgan fingerprint density at radius 2 is 1.88 bits per heavy atom. The monoisotopic (exact) mass is 324 g/mol. The quantitative estimate of drug-likeness (QED) is 0.797. The molecule has 2 aliphatic heterocycles. The number of piperidine rings is 1. The van der Waals surface area contributed by atoms with Crippen LogP contribution in [0.2, 0.25) is 0 Å². The first-order valence-corrected chi connectivity index (χ1v) is 9.88. The summed E-state index contributed by atoms with van der Waals surface area (Å²) in [5.41, 5.74) is 3.42. The van der Waals surface area contributed by atoms with E-state index in [1.807, 2.05) is 0 Å². The number of likely N-dealkylation sites (tertiary alicyclic amines) is 2. The zero-order valence-electron chi connectivity index (χ0n) is 15.2. The fraction of sp³-hybridized carbons (Fsp3) is 0.636. The summed E-state index contributed by atoms with van der Waals surface area (Å²) in [6.07, 6.45) is 9.60. The lowest BCUT2D eigenvalue weighted by atomic mass is 9.79. The van der Waals surface area contributed by atoms with Gasteiger partial charge in [0.05, 0.1) is 0 Å². The number of hydrogen-bond acceptors (Lipinski definition) is 2. The second-order valence-electron chi connectivity index (χ2n) is 8.64. The van der Waals surface area contributed by atoms with Crippen LogP contribution < -0.4 is 0 Å². The van der Waals surface area contributed by atoms with Crippen molar-refractivity contribution in [3.63, 3.8) is 0 Å². The molecule has 3 fully saturated rings. The van der Waals surface area contributed by atoms with Gasteiger partial charge in [-0.05, 0) is 69.0 Å². The molecule has 24 heavy (non-hydrogen) atoms. The summed E-state index contributed by atoms with van der Waals surface area (Å²) in [5.74, 6) is 1.04. The summed E-state index contributed by atoms with van der Waals surface area (Å²) in [6.45, 7) is 10.1. The summed E-state index contributed by atoms with van der Waals surface area (Å²) in [7, 11) is 0. The van der Waals surface area contributed by atoms with E-state index in [4.69, 9.17) is 0 Å². The third kappa shape index (κ3) is 4.10. The lowest BCUT2D eigenvalue weighted by Gasteiger charge is -2.40. The van der Waals surface area contributed by atoms with Crippen molar-refractivity contribution in [3.8, 4) is 0 Å². The lowest BCUT2D eigenvalue weighted by Crippen LogP contribution is -2.45. The van der Waals surface area contributed by atoms with Crippen LogP contribution in [0, 0.1) is 11.3 Å². The van der Waals surface area contributed by atoms with Gasteiger partial charge < -0.3 is 4.90 Å². The van der Waals surface area contributed by atoms with Crippen molar-refractivity contribution in [2.75, 3.05) is 39.3 Å². The van der Waals surface area contributed by atoms with Gasteiger partial charge in [0, 0.05) is 26.2 Å². The van der Waals surface area contributed by atoms with Crippen molar-refractivity contribution in [3.05, 3.63) is 41.5 Å². The van der Waals surface area contributed by atoms with E-state index in [1.165, 1.54) is 76.0 Å². The van der Waals surface area contributed by atoms with Gasteiger partial charge in [0.2, 0.25) is 0 Å². The Kier molecular flexibility index (Phi) is 4.78. The average molecular weight is 325 g/mol. The molecule has 1 aromatic rings. The molecule has 2 heterocycles. The maximum atomic E-state index is 2.79. The third-order valence-corrected chi connectivity index (χ3v) is 6.16. The maximum absolute atomic E-state index is 2.79. The topological polar surface area (TPSA) is 6.48 Å². The van der Waals surface area contributed by atoms with E-state index in [2.05, 4.69) is 53.1 Å². The first kappa shape index (κ1) is 16.4. The molecule has 0 radical (unpaired) electrons.